The summed E-state index contributed by atoms with van der Waals surface area (Å²) in [6.45, 7) is 6.34. The van der Waals surface area contributed by atoms with Crippen molar-refractivity contribution in [3.05, 3.63) is 29.8 Å². The van der Waals surface area contributed by atoms with E-state index in [9.17, 15) is 9.59 Å². The van der Waals surface area contributed by atoms with Gasteiger partial charge in [-0.3, -0.25) is 4.79 Å². The number of rotatable bonds is 7. The zero-order chi connectivity index (χ0) is 16.8. The van der Waals surface area contributed by atoms with Crippen LogP contribution in [-0.4, -0.2) is 24.0 Å². The molecule has 1 aromatic rings. The Bertz CT molecular complexity index is 553. The minimum Gasteiger partial charge on any atom is -0.349 e. The van der Waals surface area contributed by atoms with Gasteiger partial charge in [-0.05, 0) is 56.7 Å². The molecule has 1 aromatic carbocycles. The van der Waals surface area contributed by atoms with Crippen LogP contribution in [0.15, 0.2) is 24.3 Å². The first kappa shape index (κ1) is 17.3. The molecule has 23 heavy (non-hydrogen) atoms. The standard InChI is InChI=1S/C18H27N3O2/c1-12(2)7-8-13(3)19-18(23)21-16-6-4-5-14(11-16)17(22)20-15-9-10-15/h4-6,11-13,15H,7-10H2,1-3H3,(H,20,22)(H2,19,21,23)/t13-/m1/s1. The number of hydrogen-bond acceptors (Lipinski definition) is 2. The van der Waals surface area contributed by atoms with Crippen molar-refractivity contribution in [2.24, 2.45) is 5.92 Å². The van der Waals surface area contributed by atoms with Gasteiger partial charge in [0.1, 0.15) is 0 Å². The SMILES string of the molecule is CC(C)CC[C@@H](C)NC(=O)Nc1cccc(C(=O)NC2CC2)c1. The fraction of sp³-hybridized carbons (Fsp3) is 0.556. The number of nitrogens with one attached hydrogen (secondary N) is 3. The van der Waals surface area contributed by atoms with E-state index in [4.69, 9.17) is 0 Å². The lowest BCUT2D eigenvalue weighted by atomic mass is 10.0. The highest BCUT2D eigenvalue weighted by Crippen LogP contribution is 2.20. The van der Waals surface area contributed by atoms with Crippen molar-refractivity contribution in [2.75, 3.05) is 5.32 Å². The highest BCUT2D eigenvalue weighted by molar-refractivity contribution is 5.97. The van der Waals surface area contributed by atoms with Gasteiger partial charge in [0.15, 0.2) is 0 Å². The zero-order valence-corrected chi connectivity index (χ0v) is 14.2. The predicted molar refractivity (Wildman–Crippen MR) is 92.6 cm³/mol. The van der Waals surface area contributed by atoms with E-state index in [1.165, 1.54) is 0 Å². The number of urea groups is 1. The third-order valence-electron chi connectivity index (χ3n) is 3.85. The average Bonchev–Trinajstić information content (AvgIpc) is 3.29. The second kappa shape index (κ2) is 7.99. The van der Waals surface area contributed by atoms with Crippen LogP contribution in [0.2, 0.25) is 0 Å². The summed E-state index contributed by atoms with van der Waals surface area (Å²) < 4.78 is 0. The third-order valence-corrected chi connectivity index (χ3v) is 3.85. The molecule has 0 aromatic heterocycles. The van der Waals surface area contributed by atoms with E-state index < -0.39 is 0 Å². The fourth-order valence-corrected chi connectivity index (χ4v) is 2.28. The van der Waals surface area contributed by atoms with Gasteiger partial charge in [0.25, 0.3) is 5.91 Å². The molecule has 0 aliphatic heterocycles. The topological polar surface area (TPSA) is 70.2 Å². The molecule has 1 aliphatic rings. The molecule has 0 heterocycles. The highest BCUT2D eigenvalue weighted by atomic mass is 16.2. The average molecular weight is 317 g/mol. The molecule has 126 valence electrons. The minimum absolute atomic E-state index is 0.0816. The quantitative estimate of drug-likeness (QED) is 0.720. The molecule has 3 amide bonds. The van der Waals surface area contributed by atoms with Crippen LogP contribution in [0.1, 0.15) is 56.8 Å². The summed E-state index contributed by atoms with van der Waals surface area (Å²) in [6.07, 6.45) is 4.15. The number of carbonyl (C=O) groups is 2. The molecule has 0 unspecified atom stereocenters. The van der Waals surface area contributed by atoms with E-state index in [-0.39, 0.29) is 18.0 Å². The summed E-state index contributed by atoms with van der Waals surface area (Å²) in [5, 5.41) is 8.66. The van der Waals surface area contributed by atoms with Gasteiger partial charge in [-0.1, -0.05) is 19.9 Å². The van der Waals surface area contributed by atoms with Crippen molar-refractivity contribution >= 4 is 17.6 Å². The van der Waals surface area contributed by atoms with E-state index in [2.05, 4.69) is 29.8 Å². The minimum atomic E-state index is -0.235. The smallest absolute Gasteiger partial charge is 0.319 e. The largest absolute Gasteiger partial charge is 0.349 e. The van der Waals surface area contributed by atoms with Gasteiger partial charge >= 0.3 is 6.03 Å². The summed E-state index contributed by atoms with van der Waals surface area (Å²) in [7, 11) is 0. The Labute approximate surface area is 138 Å². The second-order valence-corrected chi connectivity index (χ2v) is 6.80. The zero-order valence-electron chi connectivity index (χ0n) is 14.2. The molecule has 0 radical (unpaired) electrons. The summed E-state index contributed by atoms with van der Waals surface area (Å²) in [6, 6.07) is 7.23. The molecule has 5 nitrogen and oxygen atoms in total. The van der Waals surface area contributed by atoms with E-state index in [0.29, 0.717) is 23.2 Å². The van der Waals surface area contributed by atoms with Crippen molar-refractivity contribution in [3.63, 3.8) is 0 Å². The van der Waals surface area contributed by atoms with E-state index in [0.717, 1.165) is 25.7 Å². The van der Waals surface area contributed by atoms with Crippen LogP contribution >= 0.6 is 0 Å². The Morgan fingerprint density at radius 3 is 2.57 bits per heavy atom. The van der Waals surface area contributed by atoms with Gasteiger partial charge in [-0.15, -0.1) is 0 Å². The Balaban J connectivity index is 1.84. The first-order valence-corrected chi connectivity index (χ1v) is 8.42. The van der Waals surface area contributed by atoms with Crippen LogP contribution in [0.4, 0.5) is 10.5 Å². The number of hydrogen-bond donors (Lipinski definition) is 3. The maximum Gasteiger partial charge on any atom is 0.319 e. The van der Waals surface area contributed by atoms with Crippen LogP contribution < -0.4 is 16.0 Å². The van der Waals surface area contributed by atoms with Crippen molar-refractivity contribution in [2.45, 2.75) is 58.5 Å². The molecule has 0 spiro atoms. The van der Waals surface area contributed by atoms with Gasteiger partial charge in [-0.25, -0.2) is 4.79 Å². The molecule has 5 heteroatoms. The lowest BCUT2D eigenvalue weighted by Gasteiger charge is -2.16. The van der Waals surface area contributed by atoms with Crippen LogP contribution in [-0.2, 0) is 0 Å². The molecule has 2 rings (SSSR count). The summed E-state index contributed by atoms with van der Waals surface area (Å²) in [5.74, 6) is 0.547. The first-order chi connectivity index (χ1) is 10.9. The van der Waals surface area contributed by atoms with Crippen molar-refractivity contribution in [1.29, 1.82) is 0 Å². The molecule has 1 atom stereocenters. The number of anilines is 1. The number of carbonyl (C=O) groups excluding carboxylic acids is 2. The first-order valence-electron chi connectivity index (χ1n) is 8.42. The molecule has 1 aliphatic carbocycles. The van der Waals surface area contributed by atoms with Gasteiger partial charge in [0.05, 0.1) is 0 Å². The Morgan fingerprint density at radius 2 is 1.91 bits per heavy atom. The lowest BCUT2D eigenvalue weighted by molar-refractivity contribution is 0.0951. The second-order valence-electron chi connectivity index (χ2n) is 6.80. The molecule has 0 saturated heterocycles. The summed E-state index contributed by atoms with van der Waals surface area (Å²) in [5.41, 5.74) is 1.20. The monoisotopic (exact) mass is 317 g/mol. The third kappa shape index (κ3) is 6.30. The number of benzene rings is 1. The Hall–Kier alpha value is -2.04. The van der Waals surface area contributed by atoms with Gasteiger partial charge < -0.3 is 16.0 Å². The Kier molecular flexibility index (Phi) is 6.02. The van der Waals surface area contributed by atoms with Crippen LogP contribution in [0.3, 0.4) is 0 Å². The molecule has 0 bridgehead atoms. The highest BCUT2D eigenvalue weighted by Gasteiger charge is 2.23. The fourth-order valence-electron chi connectivity index (χ4n) is 2.28. The van der Waals surface area contributed by atoms with Gasteiger partial charge in [0.2, 0.25) is 0 Å². The van der Waals surface area contributed by atoms with Crippen molar-refractivity contribution in [3.8, 4) is 0 Å². The lowest BCUT2D eigenvalue weighted by Crippen LogP contribution is -2.36. The van der Waals surface area contributed by atoms with Crippen LogP contribution in [0.25, 0.3) is 0 Å². The molecule has 1 fully saturated rings. The maximum absolute atomic E-state index is 12.0. The Morgan fingerprint density at radius 1 is 1.17 bits per heavy atom. The normalized spacial score (nSPS) is 15.1. The van der Waals surface area contributed by atoms with Crippen LogP contribution in [0, 0.1) is 5.92 Å². The maximum atomic E-state index is 12.0. The van der Waals surface area contributed by atoms with Gasteiger partial charge in [-0.2, -0.15) is 0 Å². The van der Waals surface area contributed by atoms with E-state index in [1.807, 2.05) is 6.92 Å². The van der Waals surface area contributed by atoms with E-state index in [1.54, 1.807) is 24.3 Å². The molecule has 1 saturated carbocycles. The molecular formula is C18H27N3O2. The van der Waals surface area contributed by atoms with Gasteiger partial charge in [0, 0.05) is 23.3 Å². The molecule has 3 N–H and O–H groups in total. The number of amides is 3. The van der Waals surface area contributed by atoms with Crippen molar-refractivity contribution in [1.82, 2.24) is 10.6 Å². The predicted octanol–water partition coefficient (Wildman–Crippen LogP) is 3.53. The summed E-state index contributed by atoms with van der Waals surface area (Å²) in [4.78, 5) is 24.0. The summed E-state index contributed by atoms with van der Waals surface area (Å²) >= 11 is 0. The van der Waals surface area contributed by atoms with Crippen molar-refractivity contribution < 1.29 is 9.59 Å². The molecular weight excluding hydrogens is 290 g/mol. The van der Waals surface area contributed by atoms with E-state index >= 15 is 0 Å². The van der Waals surface area contributed by atoms with Crippen LogP contribution in [0.5, 0.6) is 0 Å².